The van der Waals surface area contributed by atoms with Crippen LogP contribution in [-0.4, -0.2) is 65.5 Å². The molecule has 8 heteroatoms. The summed E-state index contributed by atoms with van der Waals surface area (Å²) in [4.78, 5) is 28.2. The van der Waals surface area contributed by atoms with E-state index in [4.69, 9.17) is 4.74 Å². The predicted molar refractivity (Wildman–Crippen MR) is 121 cm³/mol. The van der Waals surface area contributed by atoms with Crippen LogP contribution in [0.2, 0.25) is 0 Å². The molecule has 3 heterocycles. The lowest BCUT2D eigenvalue weighted by atomic mass is 10.0. The maximum Gasteiger partial charge on any atom is 0.179 e. The molecule has 0 saturated carbocycles. The monoisotopic (exact) mass is 429 g/mol. The molecule has 4 rings (SSSR count). The number of nitrogens with zero attached hydrogens (tertiary/aromatic N) is 4. The van der Waals surface area contributed by atoms with Gasteiger partial charge in [0.25, 0.3) is 0 Å². The van der Waals surface area contributed by atoms with Crippen LogP contribution in [0, 0.1) is 0 Å². The molecule has 7 nitrogen and oxygen atoms in total. The third-order valence-electron chi connectivity index (χ3n) is 5.65. The molecule has 1 aliphatic rings. The maximum absolute atomic E-state index is 11.7. The van der Waals surface area contributed by atoms with Crippen LogP contribution in [0.25, 0.3) is 10.9 Å². The van der Waals surface area contributed by atoms with Gasteiger partial charge in [0.2, 0.25) is 0 Å². The third kappa shape index (κ3) is 4.74. The van der Waals surface area contributed by atoms with E-state index in [1.165, 1.54) is 10.9 Å². The standard InChI is InChI=1S/C22H27N5O2.ClH/c1-16(28)17-5-6-20-19(12-17)18(13-24-20)4-3-7-26-8-10-27(11-9-26)22-21(29-2)14-23-15-25-22;/h5-6,12-15,24H,3-4,7-11H2,1-2H3;1H. The number of anilines is 1. The lowest BCUT2D eigenvalue weighted by molar-refractivity contribution is 0.101. The number of methoxy groups -OCH3 is 1. The average Bonchev–Trinajstić information content (AvgIpc) is 3.16. The fraction of sp³-hybridized carbons (Fsp3) is 0.409. The molecule has 1 fully saturated rings. The number of carbonyl (C=O) groups excluding carboxylic acids is 1. The third-order valence-corrected chi connectivity index (χ3v) is 5.65. The number of halogens is 1. The number of benzene rings is 1. The van der Waals surface area contributed by atoms with E-state index in [9.17, 15) is 4.79 Å². The highest BCUT2D eigenvalue weighted by molar-refractivity contribution is 5.98. The van der Waals surface area contributed by atoms with Crippen LogP contribution < -0.4 is 9.64 Å². The van der Waals surface area contributed by atoms with Gasteiger partial charge in [0.05, 0.1) is 13.3 Å². The topological polar surface area (TPSA) is 74.4 Å². The van der Waals surface area contributed by atoms with E-state index in [-0.39, 0.29) is 18.2 Å². The minimum absolute atomic E-state index is 0. The Hall–Kier alpha value is -2.64. The molecule has 30 heavy (non-hydrogen) atoms. The number of hydrogen-bond acceptors (Lipinski definition) is 6. The number of fused-ring (bicyclic) bond motifs is 1. The summed E-state index contributed by atoms with van der Waals surface area (Å²) in [6.45, 7) is 6.56. The fourth-order valence-electron chi connectivity index (χ4n) is 3.97. The highest BCUT2D eigenvalue weighted by atomic mass is 35.5. The number of rotatable bonds is 7. The van der Waals surface area contributed by atoms with Gasteiger partial charge < -0.3 is 14.6 Å². The van der Waals surface area contributed by atoms with Crippen molar-refractivity contribution in [1.82, 2.24) is 19.9 Å². The zero-order valence-electron chi connectivity index (χ0n) is 17.4. The summed E-state index contributed by atoms with van der Waals surface area (Å²) in [5, 5.41) is 1.17. The summed E-state index contributed by atoms with van der Waals surface area (Å²) in [7, 11) is 1.66. The van der Waals surface area contributed by atoms with E-state index in [2.05, 4.69) is 30.9 Å². The van der Waals surface area contributed by atoms with Crippen molar-refractivity contribution in [2.24, 2.45) is 0 Å². The Bertz CT molecular complexity index is 998. The Morgan fingerprint density at radius 3 is 2.77 bits per heavy atom. The minimum atomic E-state index is 0. The summed E-state index contributed by atoms with van der Waals surface area (Å²) in [5.41, 5.74) is 3.15. The van der Waals surface area contributed by atoms with Crippen LogP contribution in [0.15, 0.2) is 36.9 Å². The van der Waals surface area contributed by atoms with Gasteiger partial charge in [-0.15, -0.1) is 12.4 Å². The van der Waals surface area contributed by atoms with Crippen molar-refractivity contribution in [3.8, 4) is 5.75 Å². The molecule has 1 saturated heterocycles. The number of nitrogens with one attached hydrogen (secondary N) is 1. The summed E-state index contributed by atoms with van der Waals surface area (Å²) < 4.78 is 5.39. The van der Waals surface area contributed by atoms with Crippen molar-refractivity contribution in [2.45, 2.75) is 19.8 Å². The highest BCUT2D eigenvalue weighted by Gasteiger charge is 2.20. The smallest absolute Gasteiger partial charge is 0.179 e. The number of ketones is 1. The highest BCUT2D eigenvalue weighted by Crippen LogP contribution is 2.25. The molecule has 0 aliphatic carbocycles. The molecule has 0 unspecified atom stereocenters. The number of hydrogen-bond donors (Lipinski definition) is 1. The Morgan fingerprint density at radius 2 is 2.03 bits per heavy atom. The van der Waals surface area contributed by atoms with Gasteiger partial charge in [-0.1, -0.05) is 0 Å². The molecular formula is C22H28ClN5O2. The molecule has 3 aromatic rings. The Morgan fingerprint density at radius 1 is 1.23 bits per heavy atom. The normalized spacial score (nSPS) is 14.5. The van der Waals surface area contributed by atoms with Crippen molar-refractivity contribution < 1.29 is 9.53 Å². The minimum Gasteiger partial charge on any atom is -0.491 e. The molecule has 0 spiro atoms. The number of ether oxygens (including phenoxy) is 1. The summed E-state index contributed by atoms with van der Waals surface area (Å²) in [6.07, 6.45) is 7.46. The molecule has 0 atom stereocenters. The van der Waals surface area contributed by atoms with Crippen molar-refractivity contribution in [1.29, 1.82) is 0 Å². The van der Waals surface area contributed by atoms with Crippen LogP contribution in [0.5, 0.6) is 5.75 Å². The molecule has 0 amide bonds. The van der Waals surface area contributed by atoms with E-state index in [1.54, 1.807) is 26.6 Å². The number of aryl methyl sites for hydroxylation is 1. The second-order valence-electron chi connectivity index (χ2n) is 7.48. The zero-order valence-corrected chi connectivity index (χ0v) is 18.2. The van der Waals surface area contributed by atoms with E-state index in [0.717, 1.165) is 68.2 Å². The first-order valence-electron chi connectivity index (χ1n) is 10.1. The molecule has 2 aromatic heterocycles. The van der Waals surface area contributed by atoms with Crippen molar-refractivity contribution >= 4 is 34.9 Å². The van der Waals surface area contributed by atoms with Crippen LogP contribution >= 0.6 is 12.4 Å². The number of aromatic nitrogens is 3. The predicted octanol–water partition coefficient (Wildman–Crippen LogP) is 3.35. The first-order chi connectivity index (χ1) is 14.2. The van der Waals surface area contributed by atoms with Gasteiger partial charge in [0.15, 0.2) is 17.4 Å². The van der Waals surface area contributed by atoms with Gasteiger partial charge >= 0.3 is 0 Å². The second kappa shape index (κ2) is 9.91. The first kappa shape index (κ1) is 22.1. The molecule has 1 aliphatic heterocycles. The molecule has 1 aromatic carbocycles. The van der Waals surface area contributed by atoms with E-state index < -0.39 is 0 Å². The quantitative estimate of drug-likeness (QED) is 0.580. The van der Waals surface area contributed by atoms with Gasteiger partial charge in [0, 0.05) is 48.8 Å². The van der Waals surface area contributed by atoms with Gasteiger partial charge in [-0.2, -0.15) is 0 Å². The van der Waals surface area contributed by atoms with Gasteiger partial charge in [0.1, 0.15) is 6.33 Å². The molecular weight excluding hydrogens is 402 g/mol. The Kier molecular flexibility index (Phi) is 7.29. The number of aromatic amines is 1. The van der Waals surface area contributed by atoms with Crippen LogP contribution in [0.3, 0.4) is 0 Å². The molecule has 1 N–H and O–H groups in total. The van der Waals surface area contributed by atoms with E-state index >= 15 is 0 Å². The number of piperazine rings is 1. The zero-order chi connectivity index (χ0) is 20.2. The Balaban J connectivity index is 0.00000256. The SMILES string of the molecule is COc1cncnc1N1CCN(CCCc2c[nH]c3ccc(C(C)=O)cc23)CC1.Cl. The number of Topliss-reactive ketones (excluding diaryl/α,β-unsaturated/α-hetero) is 1. The second-order valence-corrected chi connectivity index (χ2v) is 7.48. The van der Waals surface area contributed by atoms with E-state index in [0.29, 0.717) is 0 Å². The fourth-order valence-corrected chi connectivity index (χ4v) is 3.97. The van der Waals surface area contributed by atoms with Gasteiger partial charge in [-0.3, -0.25) is 9.69 Å². The molecule has 160 valence electrons. The van der Waals surface area contributed by atoms with Crippen molar-refractivity contribution in [3.63, 3.8) is 0 Å². The van der Waals surface area contributed by atoms with Crippen molar-refractivity contribution in [2.75, 3.05) is 44.7 Å². The summed E-state index contributed by atoms with van der Waals surface area (Å²) >= 11 is 0. The van der Waals surface area contributed by atoms with E-state index in [1.807, 2.05) is 18.2 Å². The maximum atomic E-state index is 11.7. The van der Waals surface area contributed by atoms with Gasteiger partial charge in [-0.05, 0) is 50.1 Å². The lowest BCUT2D eigenvalue weighted by Crippen LogP contribution is -2.47. The molecule has 0 bridgehead atoms. The van der Waals surface area contributed by atoms with Crippen LogP contribution in [0.1, 0.15) is 29.3 Å². The lowest BCUT2D eigenvalue weighted by Gasteiger charge is -2.35. The summed E-state index contributed by atoms with van der Waals surface area (Å²) in [5.74, 6) is 1.71. The van der Waals surface area contributed by atoms with Gasteiger partial charge in [-0.25, -0.2) is 9.97 Å². The molecule has 0 radical (unpaired) electrons. The Labute approximate surface area is 182 Å². The largest absolute Gasteiger partial charge is 0.491 e. The van der Waals surface area contributed by atoms with Crippen LogP contribution in [-0.2, 0) is 6.42 Å². The number of carbonyl (C=O) groups is 1. The number of H-pyrrole nitrogens is 1. The average molecular weight is 430 g/mol. The first-order valence-corrected chi connectivity index (χ1v) is 10.1. The summed E-state index contributed by atoms with van der Waals surface area (Å²) in [6, 6.07) is 5.89. The van der Waals surface area contributed by atoms with Crippen molar-refractivity contribution in [3.05, 3.63) is 48.0 Å². The van der Waals surface area contributed by atoms with Crippen LogP contribution in [0.4, 0.5) is 5.82 Å².